The minimum absolute atomic E-state index is 0.653. The molecular formula is C12H23N3. The molecule has 0 bridgehead atoms. The molecule has 3 heteroatoms. The second-order valence-electron chi connectivity index (χ2n) is 4.11. The van der Waals surface area contributed by atoms with E-state index >= 15 is 0 Å². The third-order valence-corrected chi connectivity index (χ3v) is 2.99. The SMILES string of the molecule is CCCCC(CCc1ccnn1C)NC. The molecule has 0 spiro atoms. The Morgan fingerprint density at radius 2 is 2.27 bits per heavy atom. The summed E-state index contributed by atoms with van der Waals surface area (Å²) in [5.41, 5.74) is 1.33. The summed E-state index contributed by atoms with van der Waals surface area (Å²) in [7, 11) is 4.07. The number of rotatable bonds is 7. The molecule has 1 rings (SSSR count). The van der Waals surface area contributed by atoms with Crippen molar-refractivity contribution in [1.82, 2.24) is 15.1 Å². The fraction of sp³-hybridized carbons (Fsp3) is 0.750. The van der Waals surface area contributed by atoms with E-state index < -0.39 is 0 Å². The molecule has 15 heavy (non-hydrogen) atoms. The monoisotopic (exact) mass is 209 g/mol. The molecule has 0 radical (unpaired) electrons. The average Bonchev–Trinajstić information content (AvgIpc) is 2.65. The number of nitrogens with one attached hydrogen (secondary N) is 1. The van der Waals surface area contributed by atoms with Crippen LogP contribution in [0.2, 0.25) is 0 Å². The third-order valence-electron chi connectivity index (χ3n) is 2.99. The molecule has 86 valence electrons. The van der Waals surface area contributed by atoms with E-state index in [4.69, 9.17) is 0 Å². The van der Waals surface area contributed by atoms with Gasteiger partial charge in [-0.05, 0) is 32.4 Å². The summed E-state index contributed by atoms with van der Waals surface area (Å²) in [6.45, 7) is 2.24. The molecule has 1 N–H and O–H groups in total. The molecule has 0 aliphatic heterocycles. The van der Waals surface area contributed by atoms with E-state index in [0.29, 0.717) is 6.04 Å². The fourth-order valence-corrected chi connectivity index (χ4v) is 1.85. The van der Waals surface area contributed by atoms with Gasteiger partial charge in [0.1, 0.15) is 0 Å². The Balaban J connectivity index is 2.31. The molecular weight excluding hydrogens is 186 g/mol. The zero-order valence-electron chi connectivity index (χ0n) is 10.2. The summed E-state index contributed by atoms with van der Waals surface area (Å²) >= 11 is 0. The summed E-state index contributed by atoms with van der Waals surface area (Å²) < 4.78 is 1.96. The van der Waals surface area contributed by atoms with Crippen molar-refractivity contribution in [3.8, 4) is 0 Å². The Labute approximate surface area is 92.9 Å². The minimum atomic E-state index is 0.653. The van der Waals surface area contributed by atoms with Crippen molar-refractivity contribution in [2.75, 3.05) is 7.05 Å². The summed E-state index contributed by atoms with van der Waals surface area (Å²) in [4.78, 5) is 0. The van der Waals surface area contributed by atoms with Gasteiger partial charge in [0.05, 0.1) is 0 Å². The molecule has 1 aromatic rings. The molecule has 0 saturated carbocycles. The molecule has 1 aromatic heterocycles. The molecule has 0 saturated heterocycles. The van der Waals surface area contributed by atoms with Gasteiger partial charge in [0.15, 0.2) is 0 Å². The summed E-state index contributed by atoms with van der Waals surface area (Å²) in [5, 5.41) is 7.57. The highest BCUT2D eigenvalue weighted by atomic mass is 15.2. The van der Waals surface area contributed by atoms with Crippen molar-refractivity contribution in [1.29, 1.82) is 0 Å². The van der Waals surface area contributed by atoms with E-state index in [9.17, 15) is 0 Å². The van der Waals surface area contributed by atoms with Crippen molar-refractivity contribution >= 4 is 0 Å². The van der Waals surface area contributed by atoms with Crippen LogP contribution in [0.15, 0.2) is 12.3 Å². The van der Waals surface area contributed by atoms with Crippen LogP contribution in [0.25, 0.3) is 0 Å². The second kappa shape index (κ2) is 6.62. The quantitative estimate of drug-likeness (QED) is 0.745. The Morgan fingerprint density at radius 1 is 1.47 bits per heavy atom. The smallest absolute Gasteiger partial charge is 0.0492 e. The molecule has 0 amide bonds. The van der Waals surface area contributed by atoms with E-state index in [1.807, 2.05) is 17.9 Å². The number of aryl methyl sites for hydroxylation is 2. The van der Waals surface area contributed by atoms with Crippen molar-refractivity contribution in [3.63, 3.8) is 0 Å². The summed E-state index contributed by atoms with van der Waals surface area (Å²) in [6.07, 6.45) is 8.07. The lowest BCUT2D eigenvalue weighted by Gasteiger charge is -2.15. The molecule has 0 fully saturated rings. The van der Waals surface area contributed by atoms with Gasteiger partial charge in [0.25, 0.3) is 0 Å². The standard InChI is InChI=1S/C12H23N3/c1-4-5-6-11(13-2)7-8-12-9-10-14-15(12)3/h9-11,13H,4-8H2,1-3H3. The largest absolute Gasteiger partial charge is 0.317 e. The number of aromatic nitrogens is 2. The number of hydrogen-bond donors (Lipinski definition) is 1. The van der Waals surface area contributed by atoms with Crippen molar-refractivity contribution < 1.29 is 0 Å². The van der Waals surface area contributed by atoms with Crippen molar-refractivity contribution in [2.24, 2.45) is 7.05 Å². The molecule has 0 aliphatic rings. The lowest BCUT2D eigenvalue weighted by Crippen LogP contribution is -2.25. The van der Waals surface area contributed by atoms with Gasteiger partial charge in [-0.25, -0.2) is 0 Å². The van der Waals surface area contributed by atoms with Crippen LogP contribution < -0.4 is 5.32 Å². The highest BCUT2D eigenvalue weighted by Gasteiger charge is 2.06. The third kappa shape index (κ3) is 4.04. The van der Waals surface area contributed by atoms with Crippen LogP contribution in [0.4, 0.5) is 0 Å². The van der Waals surface area contributed by atoms with E-state index in [1.54, 1.807) is 0 Å². The number of hydrogen-bond acceptors (Lipinski definition) is 2. The normalized spacial score (nSPS) is 13.0. The average molecular weight is 209 g/mol. The highest BCUT2D eigenvalue weighted by molar-refractivity contribution is 5.00. The molecule has 1 atom stereocenters. The second-order valence-corrected chi connectivity index (χ2v) is 4.11. The number of nitrogens with zero attached hydrogens (tertiary/aromatic N) is 2. The first-order valence-corrected chi connectivity index (χ1v) is 5.92. The van der Waals surface area contributed by atoms with E-state index in [0.717, 1.165) is 6.42 Å². The van der Waals surface area contributed by atoms with Crippen LogP contribution in [-0.4, -0.2) is 22.9 Å². The predicted molar refractivity (Wildman–Crippen MR) is 63.9 cm³/mol. The highest BCUT2D eigenvalue weighted by Crippen LogP contribution is 2.08. The van der Waals surface area contributed by atoms with Gasteiger partial charge in [0, 0.05) is 25.0 Å². The van der Waals surface area contributed by atoms with Crippen LogP contribution in [0, 0.1) is 0 Å². The zero-order chi connectivity index (χ0) is 11.1. The van der Waals surface area contributed by atoms with Gasteiger partial charge >= 0.3 is 0 Å². The Morgan fingerprint density at radius 3 is 2.80 bits per heavy atom. The van der Waals surface area contributed by atoms with E-state index in [1.165, 1.54) is 31.4 Å². The number of unbranched alkanes of at least 4 members (excludes halogenated alkanes) is 1. The molecule has 0 aliphatic carbocycles. The molecule has 1 unspecified atom stereocenters. The Hall–Kier alpha value is -0.830. The maximum absolute atomic E-state index is 4.18. The van der Waals surface area contributed by atoms with Crippen LogP contribution in [0.1, 0.15) is 38.3 Å². The maximum Gasteiger partial charge on any atom is 0.0492 e. The molecule has 3 nitrogen and oxygen atoms in total. The fourth-order valence-electron chi connectivity index (χ4n) is 1.85. The lowest BCUT2D eigenvalue weighted by atomic mass is 10.0. The van der Waals surface area contributed by atoms with Crippen LogP contribution in [0.5, 0.6) is 0 Å². The van der Waals surface area contributed by atoms with Gasteiger partial charge in [-0.15, -0.1) is 0 Å². The Bertz CT molecular complexity index is 268. The van der Waals surface area contributed by atoms with Crippen LogP contribution in [0.3, 0.4) is 0 Å². The zero-order valence-corrected chi connectivity index (χ0v) is 10.2. The van der Waals surface area contributed by atoms with Gasteiger partial charge < -0.3 is 5.32 Å². The minimum Gasteiger partial charge on any atom is -0.317 e. The lowest BCUT2D eigenvalue weighted by molar-refractivity contribution is 0.466. The van der Waals surface area contributed by atoms with E-state index in [2.05, 4.69) is 30.5 Å². The Kier molecular flexibility index (Phi) is 5.40. The van der Waals surface area contributed by atoms with Crippen LogP contribution >= 0.6 is 0 Å². The first-order valence-electron chi connectivity index (χ1n) is 5.92. The summed E-state index contributed by atoms with van der Waals surface area (Å²) in [6, 6.07) is 2.76. The van der Waals surface area contributed by atoms with Crippen LogP contribution in [-0.2, 0) is 13.5 Å². The van der Waals surface area contributed by atoms with Gasteiger partial charge in [-0.1, -0.05) is 19.8 Å². The molecule has 0 aromatic carbocycles. The topological polar surface area (TPSA) is 29.9 Å². The van der Waals surface area contributed by atoms with Gasteiger partial charge in [-0.3, -0.25) is 4.68 Å². The predicted octanol–water partition coefficient (Wildman–Crippen LogP) is 2.13. The van der Waals surface area contributed by atoms with Gasteiger partial charge in [-0.2, -0.15) is 5.10 Å². The van der Waals surface area contributed by atoms with Crippen molar-refractivity contribution in [2.45, 2.75) is 45.1 Å². The summed E-state index contributed by atoms with van der Waals surface area (Å²) in [5.74, 6) is 0. The van der Waals surface area contributed by atoms with E-state index in [-0.39, 0.29) is 0 Å². The first kappa shape index (κ1) is 12.2. The van der Waals surface area contributed by atoms with Gasteiger partial charge in [0.2, 0.25) is 0 Å². The molecule has 1 heterocycles. The first-order chi connectivity index (χ1) is 7.27. The van der Waals surface area contributed by atoms with Crippen molar-refractivity contribution in [3.05, 3.63) is 18.0 Å². The maximum atomic E-state index is 4.18.